The van der Waals surface area contributed by atoms with E-state index in [9.17, 15) is 17.6 Å². The third-order valence-electron chi connectivity index (χ3n) is 4.03. The number of halogens is 1. The van der Waals surface area contributed by atoms with Gasteiger partial charge in [0.1, 0.15) is 5.82 Å². The van der Waals surface area contributed by atoms with Crippen molar-refractivity contribution in [3.05, 3.63) is 48.3 Å². The summed E-state index contributed by atoms with van der Waals surface area (Å²) in [6.45, 7) is 1.10. The topological polar surface area (TPSA) is 93.7 Å². The highest BCUT2D eigenvalue weighted by molar-refractivity contribution is 7.89. The maximum absolute atomic E-state index is 12.8. The second-order valence-corrected chi connectivity index (χ2v) is 7.98. The Labute approximate surface area is 162 Å². The first-order valence-electron chi connectivity index (χ1n) is 8.89. The van der Waals surface area contributed by atoms with Gasteiger partial charge in [0, 0.05) is 31.1 Å². The minimum absolute atomic E-state index is 0.0764. The van der Waals surface area contributed by atoms with Crippen molar-refractivity contribution < 1.29 is 27.1 Å². The molecule has 0 aliphatic carbocycles. The Morgan fingerprint density at radius 2 is 1.75 bits per heavy atom. The number of benzene rings is 2. The second kappa shape index (κ2) is 9.03. The molecule has 1 amide bonds. The van der Waals surface area contributed by atoms with Crippen LogP contribution in [-0.4, -0.2) is 34.1 Å². The Balaban J connectivity index is 1.49. The van der Waals surface area contributed by atoms with Crippen LogP contribution in [0.4, 0.5) is 10.1 Å². The Morgan fingerprint density at radius 1 is 1.04 bits per heavy atom. The number of nitrogens with one attached hydrogen (secondary N) is 2. The molecule has 2 aromatic rings. The van der Waals surface area contributed by atoms with Gasteiger partial charge < -0.3 is 14.8 Å². The standard InChI is InChI=1S/C19H21FN2O5S/c20-14-4-6-15(7-5-14)22-19(23)3-1-10-21-28(24,25)16-8-9-17-18(13-16)27-12-2-11-26-17/h4-9,13,21H,1-3,10-12H2,(H,22,23). The van der Waals surface area contributed by atoms with Crippen LogP contribution in [-0.2, 0) is 14.8 Å². The van der Waals surface area contributed by atoms with E-state index in [-0.39, 0.29) is 29.6 Å². The number of hydrogen-bond acceptors (Lipinski definition) is 5. The molecular formula is C19H21FN2O5S. The van der Waals surface area contributed by atoms with E-state index in [2.05, 4.69) is 10.0 Å². The molecule has 0 saturated heterocycles. The lowest BCUT2D eigenvalue weighted by Gasteiger charge is -2.11. The fourth-order valence-electron chi connectivity index (χ4n) is 2.61. The van der Waals surface area contributed by atoms with Crippen LogP contribution in [0.3, 0.4) is 0 Å². The van der Waals surface area contributed by atoms with Crippen LogP contribution in [0.5, 0.6) is 11.5 Å². The van der Waals surface area contributed by atoms with Gasteiger partial charge >= 0.3 is 0 Å². The number of hydrogen-bond donors (Lipinski definition) is 2. The van der Waals surface area contributed by atoms with Crippen LogP contribution in [0.1, 0.15) is 19.3 Å². The number of ether oxygens (including phenoxy) is 2. The van der Waals surface area contributed by atoms with Gasteiger partial charge in [-0.05, 0) is 42.8 Å². The lowest BCUT2D eigenvalue weighted by molar-refractivity contribution is -0.116. The van der Waals surface area contributed by atoms with E-state index in [1.807, 2.05) is 0 Å². The smallest absolute Gasteiger partial charge is 0.240 e. The molecular weight excluding hydrogens is 387 g/mol. The van der Waals surface area contributed by atoms with Gasteiger partial charge in [0.2, 0.25) is 15.9 Å². The first-order valence-corrected chi connectivity index (χ1v) is 10.4. The number of amides is 1. The normalized spacial score (nSPS) is 13.6. The highest BCUT2D eigenvalue weighted by Crippen LogP contribution is 2.31. The molecule has 2 aromatic carbocycles. The van der Waals surface area contributed by atoms with E-state index in [0.717, 1.165) is 6.42 Å². The molecule has 1 aliphatic heterocycles. The van der Waals surface area contributed by atoms with Gasteiger partial charge in [0.25, 0.3) is 0 Å². The Bertz CT molecular complexity index is 932. The van der Waals surface area contributed by atoms with E-state index in [1.165, 1.54) is 36.4 Å². The minimum Gasteiger partial charge on any atom is -0.490 e. The first kappa shape index (κ1) is 20.1. The first-order chi connectivity index (χ1) is 13.4. The molecule has 0 bridgehead atoms. The van der Waals surface area contributed by atoms with Gasteiger partial charge in [-0.3, -0.25) is 4.79 Å². The fourth-order valence-corrected chi connectivity index (χ4v) is 3.70. The lowest BCUT2D eigenvalue weighted by atomic mass is 10.2. The SMILES string of the molecule is O=C(CCCNS(=O)(=O)c1ccc2c(c1)OCCCO2)Nc1ccc(F)cc1. The van der Waals surface area contributed by atoms with Crippen molar-refractivity contribution in [1.82, 2.24) is 4.72 Å². The van der Waals surface area contributed by atoms with Crippen molar-refractivity contribution in [3.8, 4) is 11.5 Å². The van der Waals surface area contributed by atoms with Crippen LogP contribution in [0, 0.1) is 5.82 Å². The van der Waals surface area contributed by atoms with Gasteiger partial charge in [-0.1, -0.05) is 0 Å². The number of sulfonamides is 1. The van der Waals surface area contributed by atoms with Crippen LogP contribution in [0.2, 0.25) is 0 Å². The zero-order valence-corrected chi connectivity index (χ0v) is 15.9. The lowest BCUT2D eigenvalue weighted by Crippen LogP contribution is -2.25. The zero-order valence-electron chi connectivity index (χ0n) is 15.1. The molecule has 0 aromatic heterocycles. The number of rotatable bonds is 7. The molecule has 0 unspecified atom stereocenters. The number of carbonyl (C=O) groups is 1. The van der Waals surface area contributed by atoms with E-state index in [4.69, 9.17) is 9.47 Å². The van der Waals surface area contributed by atoms with Crippen molar-refractivity contribution in [1.29, 1.82) is 0 Å². The molecule has 2 N–H and O–H groups in total. The quantitative estimate of drug-likeness (QED) is 0.687. The van der Waals surface area contributed by atoms with Crippen molar-refractivity contribution in [2.24, 2.45) is 0 Å². The fraction of sp³-hybridized carbons (Fsp3) is 0.316. The molecule has 7 nitrogen and oxygen atoms in total. The molecule has 3 rings (SSSR count). The summed E-state index contributed by atoms with van der Waals surface area (Å²) >= 11 is 0. The third kappa shape index (κ3) is 5.43. The molecule has 9 heteroatoms. The summed E-state index contributed by atoms with van der Waals surface area (Å²) in [7, 11) is -3.73. The van der Waals surface area contributed by atoms with Gasteiger partial charge in [-0.2, -0.15) is 0 Å². The Morgan fingerprint density at radius 3 is 2.50 bits per heavy atom. The molecule has 1 heterocycles. The van der Waals surface area contributed by atoms with Crippen LogP contribution in [0.15, 0.2) is 47.4 Å². The molecule has 0 atom stereocenters. The summed E-state index contributed by atoms with van der Waals surface area (Å²) in [5.41, 5.74) is 0.485. The molecule has 150 valence electrons. The number of anilines is 1. The van der Waals surface area contributed by atoms with Crippen molar-refractivity contribution in [3.63, 3.8) is 0 Å². The summed E-state index contributed by atoms with van der Waals surface area (Å²) in [6, 6.07) is 9.88. The van der Waals surface area contributed by atoms with Crippen molar-refractivity contribution in [2.75, 3.05) is 25.1 Å². The van der Waals surface area contributed by atoms with Gasteiger partial charge in [0.05, 0.1) is 18.1 Å². The minimum atomic E-state index is -3.73. The van der Waals surface area contributed by atoms with Crippen LogP contribution in [0.25, 0.3) is 0 Å². The maximum atomic E-state index is 12.8. The van der Waals surface area contributed by atoms with Crippen molar-refractivity contribution >= 4 is 21.6 Å². The molecule has 0 spiro atoms. The summed E-state index contributed by atoms with van der Waals surface area (Å²) in [5, 5.41) is 2.63. The van der Waals surface area contributed by atoms with E-state index < -0.39 is 10.0 Å². The molecule has 28 heavy (non-hydrogen) atoms. The monoisotopic (exact) mass is 408 g/mol. The zero-order chi connectivity index (χ0) is 20.0. The molecule has 0 radical (unpaired) electrons. The summed E-state index contributed by atoms with van der Waals surface area (Å²) in [4.78, 5) is 11.9. The van der Waals surface area contributed by atoms with E-state index in [0.29, 0.717) is 36.8 Å². The maximum Gasteiger partial charge on any atom is 0.240 e. The average molecular weight is 408 g/mol. The number of carbonyl (C=O) groups excluding carboxylic acids is 1. The molecule has 1 aliphatic rings. The summed E-state index contributed by atoms with van der Waals surface area (Å²) in [5.74, 6) is 0.261. The second-order valence-electron chi connectivity index (χ2n) is 6.22. The third-order valence-corrected chi connectivity index (χ3v) is 5.49. The van der Waals surface area contributed by atoms with E-state index in [1.54, 1.807) is 6.07 Å². The molecule has 0 fully saturated rings. The predicted molar refractivity (Wildman–Crippen MR) is 102 cm³/mol. The Hall–Kier alpha value is -2.65. The highest BCUT2D eigenvalue weighted by atomic mass is 32.2. The highest BCUT2D eigenvalue weighted by Gasteiger charge is 2.18. The average Bonchev–Trinajstić information content (AvgIpc) is 2.92. The van der Waals surface area contributed by atoms with Gasteiger partial charge in [-0.25, -0.2) is 17.5 Å². The van der Waals surface area contributed by atoms with Gasteiger partial charge in [0.15, 0.2) is 11.5 Å². The molecule has 0 saturated carbocycles. The Kier molecular flexibility index (Phi) is 6.48. The van der Waals surface area contributed by atoms with Crippen LogP contribution < -0.4 is 19.5 Å². The number of fused-ring (bicyclic) bond motifs is 1. The summed E-state index contributed by atoms with van der Waals surface area (Å²) < 4.78 is 51.2. The largest absolute Gasteiger partial charge is 0.490 e. The van der Waals surface area contributed by atoms with E-state index >= 15 is 0 Å². The van der Waals surface area contributed by atoms with Crippen molar-refractivity contribution in [2.45, 2.75) is 24.2 Å². The predicted octanol–water partition coefficient (Wildman–Crippen LogP) is 2.68. The summed E-state index contributed by atoms with van der Waals surface area (Å²) in [6.07, 6.45) is 1.17. The van der Waals surface area contributed by atoms with Crippen LogP contribution >= 0.6 is 0 Å². The van der Waals surface area contributed by atoms with Gasteiger partial charge in [-0.15, -0.1) is 0 Å².